The average molecular weight is 545 g/mol. The minimum atomic E-state index is -0.676. The summed E-state index contributed by atoms with van der Waals surface area (Å²) in [7, 11) is 0. The van der Waals surface area contributed by atoms with E-state index in [1.807, 2.05) is 0 Å². The molecule has 0 aliphatic carbocycles. The second-order valence-corrected chi connectivity index (χ2v) is 12.2. The number of anilines is 2. The lowest BCUT2D eigenvalue weighted by Crippen LogP contribution is -2.43. The molecule has 6 rings (SSSR count). The number of hydrogen-bond acceptors (Lipinski definition) is 8. The summed E-state index contributed by atoms with van der Waals surface area (Å²) in [6, 6.07) is 5.23. The number of thiazole rings is 1. The van der Waals surface area contributed by atoms with Crippen LogP contribution in [0.1, 0.15) is 50.3 Å². The molecule has 1 aromatic carbocycles. The molecule has 2 saturated heterocycles. The van der Waals surface area contributed by atoms with Gasteiger partial charge in [-0.2, -0.15) is 0 Å². The lowest BCUT2D eigenvalue weighted by Gasteiger charge is -2.36. The van der Waals surface area contributed by atoms with Crippen LogP contribution in [-0.4, -0.2) is 53.0 Å². The van der Waals surface area contributed by atoms with Gasteiger partial charge in [-0.25, -0.2) is 18.7 Å². The van der Waals surface area contributed by atoms with Crippen LogP contribution in [0.5, 0.6) is 0 Å². The molecule has 3 aromatic heterocycles. The first-order valence-corrected chi connectivity index (χ1v) is 14.5. The fourth-order valence-corrected chi connectivity index (χ4v) is 7.63. The second-order valence-electron chi connectivity index (χ2n) is 10.2. The molecule has 0 radical (unpaired) electrons. The van der Waals surface area contributed by atoms with Crippen molar-refractivity contribution in [2.24, 2.45) is 0 Å². The predicted molar refractivity (Wildman–Crippen MR) is 145 cm³/mol. The maximum absolute atomic E-state index is 15.1. The Kier molecular flexibility index (Phi) is 6.87. The number of nitrogens with one attached hydrogen (secondary N) is 1. The number of pyridine rings is 1. The summed E-state index contributed by atoms with van der Waals surface area (Å²) in [5.74, 6) is -0.988. The van der Waals surface area contributed by atoms with E-state index in [0.29, 0.717) is 22.9 Å². The van der Waals surface area contributed by atoms with E-state index < -0.39 is 11.6 Å². The lowest BCUT2D eigenvalue weighted by molar-refractivity contribution is -0.165. The summed E-state index contributed by atoms with van der Waals surface area (Å²) >= 11 is 2.87. The highest BCUT2D eigenvalue weighted by molar-refractivity contribution is 7.18. The van der Waals surface area contributed by atoms with Crippen molar-refractivity contribution < 1.29 is 18.3 Å². The van der Waals surface area contributed by atoms with Gasteiger partial charge in [-0.3, -0.25) is 4.90 Å². The molecule has 0 saturated carbocycles. The van der Waals surface area contributed by atoms with E-state index in [-0.39, 0.29) is 23.0 Å². The number of likely N-dealkylation sites (tertiary alicyclic amines) is 1. The molecule has 0 amide bonds. The quantitative estimate of drug-likeness (QED) is 0.269. The Morgan fingerprint density at radius 1 is 1.22 bits per heavy atom. The number of thiophene rings is 1. The summed E-state index contributed by atoms with van der Waals surface area (Å²) in [5.41, 5.74) is 2.09. The lowest BCUT2D eigenvalue weighted by atomic mass is 9.87. The van der Waals surface area contributed by atoms with Crippen LogP contribution in [0, 0.1) is 11.6 Å². The third kappa shape index (κ3) is 4.74. The standard InChI is InChI=1S/C27H30F2N4O2S2/c1-27(2)17(7-9-33(27)10-12-35-22-5-3-4-11-34-22)20-13-16-19(6-8-30-26(16)37-20)32-24-18(28)14-21-25(23(24)29)31-15-36-21/h6,8,13-15,17,22H,3-5,7,9-12H2,1-2H3,(H,30,32). The highest BCUT2D eigenvalue weighted by Crippen LogP contribution is 2.46. The Bertz CT molecular complexity index is 1420. The Morgan fingerprint density at radius 3 is 2.95 bits per heavy atom. The molecule has 0 bridgehead atoms. The van der Waals surface area contributed by atoms with Gasteiger partial charge in [0.25, 0.3) is 0 Å². The predicted octanol–water partition coefficient (Wildman–Crippen LogP) is 7.04. The van der Waals surface area contributed by atoms with Crippen molar-refractivity contribution in [1.29, 1.82) is 0 Å². The fraction of sp³-hybridized carbons (Fsp3) is 0.481. The third-order valence-corrected chi connectivity index (χ3v) is 9.67. The number of halogens is 2. The smallest absolute Gasteiger partial charge is 0.176 e. The largest absolute Gasteiger partial charge is 0.353 e. The topological polar surface area (TPSA) is 59.5 Å². The zero-order valence-corrected chi connectivity index (χ0v) is 22.6. The molecule has 2 unspecified atom stereocenters. The maximum atomic E-state index is 15.1. The zero-order chi connectivity index (χ0) is 25.6. The number of aromatic nitrogens is 2. The summed E-state index contributed by atoms with van der Waals surface area (Å²) in [5, 5.41) is 3.87. The van der Waals surface area contributed by atoms with Gasteiger partial charge in [0.1, 0.15) is 16.0 Å². The zero-order valence-electron chi connectivity index (χ0n) is 20.9. The number of ether oxygens (including phenoxy) is 2. The summed E-state index contributed by atoms with van der Waals surface area (Å²) < 4.78 is 42.1. The molecule has 4 aromatic rings. The minimum absolute atomic E-state index is 0.0564. The van der Waals surface area contributed by atoms with Crippen molar-refractivity contribution in [1.82, 2.24) is 14.9 Å². The van der Waals surface area contributed by atoms with E-state index in [2.05, 4.69) is 40.1 Å². The van der Waals surface area contributed by atoms with Gasteiger partial charge in [0, 0.05) is 41.1 Å². The second kappa shape index (κ2) is 10.1. The molecule has 196 valence electrons. The summed E-state index contributed by atoms with van der Waals surface area (Å²) in [4.78, 5) is 13.2. The van der Waals surface area contributed by atoms with Crippen LogP contribution in [-0.2, 0) is 9.47 Å². The minimum Gasteiger partial charge on any atom is -0.353 e. The van der Waals surface area contributed by atoms with Gasteiger partial charge in [0.15, 0.2) is 17.9 Å². The van der Waals surface area contributed by atoms with Crippen LogP contribution in [0.3, 0.4) is 0 Å². The van der Waals surface area contributed by atoms with Gasteiger partial charge in [0.05, 0.1) is 22.5 Å². The van der Waals surface area contributed by atoms with E-state index in [9.17, 15) is 4.39 Å². The van der Waals surface area contributed by atoms with Crippen molar-refractivity contribution in [2.45, 2.75) is 57.3 Å². The molecular weight excluding hydrogens is 514 g/mol. The molecule has 2 aliphatic heterocycles. The number of fused-ring (bicyclic) bond motifs is 2. The van der Waals surface area contributed by atoms with Crippen molar-refractivity contribution in [2.75, 3.05) is 31.6 Å². The normalized spacial score (nSPS) is 22.3. The number of hydrogen-bond donors (Lipinski definition) is 1. The van der Waals surface area contributed by atoms with Gasteiger partial charge in [-0.1, -0.05) is 0 Å². The van der Waals surface area contributed by atoms with Crippen LogP contribution in [0.4, 0.5) is 20.2 Å². The Labute approximate surface area is 222 Å². The first-order valence-electron chi connectivity index (χ1n) is 12.8. The van der Waals surface area contributed by atoms with Crippen LogP contribution < -0.4 is 5.32 Å². The molecule has 6 nitrogen and oxygen atoms in total. The Hall–Kier alpha value is -2.24. The molecule has 10 heteroatoms. The molecule has 2 atom stereocenters. The Balaban J connectivity index is 1.21. The van der Waals surface area contributed by atoms with Gasteiger partial charge in [-0.05, 0) is 64.3 Å². The number of benzene rings is 1. The SMILES string of the molecule is CC1(C)C(c2cc3c(Nc4c(F)cc5scnc5c4F)ccnc3s2)CCN1CCOC1CCCCO1. The van der Waals surface area contributed by atoms with Gasteiger partial charge >= 0.3 is 0 Å². The molecule has 1 N–H and O–H groups in total. The molecule has 0 spiro atoms. The van der Waals surface area contributed by atoms with Crippen molar-refractivity contribution in [3.63, 3.8) is 0 Å². The summed E-state index contributed by atoms with van der Waals surface area (Å²) in [6.07, 6.45) is 5.90. The monoisotopic (exact) mass is 544 g/mol. The summed E-state index contributed by atoms with van der Waals surface area (Å²) in [6.45, 7) is 7.86. The maximum Gasteiger partial charge on any atom is 0.176 e. The van der Waals surface area contributed by atoms with Crippen molar-refractivity contribution in [3.05, 3.63) is 46.4 Å². The molecule has 2 fully saturated rings. The molecular formula is C27H30F2N4O2S2. The van der Waals surface area contributed by atoms with Crippen LogP contribution in [0.15, 0.2) is 29.9 Å². The molecule has 2 aliphatic rings. The highest BCUT2D eigenvalue weighted by atomic mass is 32.1. The molecule has 5 heterocycles. The van der Waals surface area contributed by atoms with Gasteiger partial charge in [-0.15, -0.1) is 22.7 Å². The first-order chi connectivity index (χ1) is 17.9. The Morgan fingerprint density at radius 2 is 2.11 bits per heavy atom. The van der Waals surface area contributed by atoms with Crippen molar-refractivity contribution >= 4 is 54.5 Å². The van der Waals surface area contributed by atoms with Crippen LogP contribution in [0.25, 0.3) is 20.4 Å². The number of rotatable bonds is 7. The fourth-order valence-electron chi connectivity index (χ4n) is 5.60. The van der Waals surface area contributed by atoms with Gasteiger partial charge < -0.3 is 14.8 Å². The van der Waals surface area contributed by atoms with Crippen molar-refractivity contribution in [3.8, 4) is 0 Å². The van der Waals surface area contributed by atoms with E-state index in [1.165, 1.54) is 27.8 Å². The average Bonchev–Trinajstić information content (AvgIpc) is 3.60. The van der Waals surface area contributed by atoms with Crippen LogP contribution in [0.2, 0.25) is 0 Å². The van der Waals surface area contributed by atoms with Crippen LogP contribution >= 0.6 is 22.7 Å². The first kappa shape index (κ1) is 25.1. The third-order valence-electron chi connectivity index (χ3n) is 7.74. The van der Waals surface area contributed by atoms with E-state index in [0.717, 1.165) is 55.6 Å². The number of nitrogens with zero attached hydrogens (tertiary/aromatic N) is 3. The highest BCUT2D eigenvalue weighted by Gasteiger charge is 2.42. The van der Waals surface area contributed by atoms with E-state index >= 15 is 4.39 Å². The van der Waals surface area contributed by atoms with E-state index in [1.54, 1.807) is 23.6 Å². The van der Waals surface area contributed by atoms with E-state index in [4.69, 9.17) is 9.47 Å². The van der Waals surface area contributed by atoms with Gasteiger partial charge in [0.2, 0.25) is 0 Å². The molecule has 37 heavy (non-hydrogen) atoms.